The fourth-order valence-electron chi connectivity index (χ4n) is 2.86. The van der Waals surface area contributed by atoms with Gasteiger partial charge in [0.25, 0.3) is 0 Å². The molecule has 154 valence electrons. The first-order valence-corrected chi connectivity index (χ1v) is 10.9. The van der Waals surface area contributed by atoms with Crippen LogP contribution < -0.4 is 5.32 Å². The molecule has 0 radical (unpaired) electrons. The van der Waals surface area contributed by atoms with Gasteiger partial charge in [0.05, 0.1) is 19.8 Å². The van der Waals surface area contributed by atoms with Crippen molar-refractivity contribution in [3.8, 4) is 0 Å². The van der Waals surface area contributed by atoms with Gasteiger partial charge in [0.1, 0.15) is 0 Å². The third-order valence-corrected chi connectivity index (χ3v) is 4.48. The van der Waals surface area contributed by atoms with Gasteiger partial charge in [0.15, 0.2) is 0 Å². The molecule has 0 atom stereocenters. The Morgan fingerprint density at radius 1 is 0.846 bits per heavy atom. The standard InChI is InChI=1S/C22H43NO3/c1-2-3-4-5-6-7-8-9-10-11-12-13-14-15-16-17-20-26-22(25)21-23-18-19-24/h9-10,23-24H,2-8,11-21H2,1H3/b10-9-. The zero-order chi connectivity index (χ0) is 19.1. The van der Waals surface area contributed by atoms with Gasteiger partial charge in [-0.2, -0.15) is 0 Å². The lowest BCUT2D eigenvalue weighted by molar-refractivity contribution is -0.142. The van der Waals surface area contributed by atoms with Crippen molar-refractivity contribution < 1.29 is 14.6 Å². The van der Waals surface area contributed by atoms with Crippen LogP contribution >= 0.6 is 0 Å². The van der Waals surface area contributed by atoms with Crippen molar-refractivity contribution in [3.63, 3.8) is 0 Å². The van der Waals surface area contributed by atoms with Crippen LogP contribution in [0.1, 0.15) is 96.8 Å². The minimum Gasteiger partial charge on any atom is -0.465 e. The molecule has 0 unspecified atom stereocenters. The Hall–Kier alpha value is -0.870. The van der Waals surface area contributed by atoms with Crippen molar-refractivity contribution >= 4 is 5.97 Å². The topological polar surface area (TPSA) is 58.6 Å². The molecule has 0 aromatic heterocycles. The molecule has 0 fully saturated rings. The molecule has 4 nitrogen and oxygen atoms in total. The molecule has 0 aromatic rings. The Bertz CT molecular complexity index is 319. The fourth-order valence-corrected chi connectivity index (χ4v) is 2.86. The number of carbonyl (C=O) groups excluding carboxylic acids is 1. The smallest absolute Gasteiger partial charge is 0.319 e. The Balaban J connectivity index is 3.14. The zero-order valence-electron chi connectivity index (χ0n) is 17.1. The van der Waals surface area contributed by atoms with Crippen LogP contribution in [-0.2, 0) is 9.53 Å². The number of esters is 1. The number of allylic oxidation sites excluding steroid dienone is 2. The van der Waals surface area contributed by atoms with Gasteiger partial charge in [-0.25, -0.2) is 0 Å². The Labute approximate surface area is 161 Å². The highest BCUT2D eigenvalue weighted by Gasteiger charge is 2.00. The van der Waals surface area contributed by atoms with Crippen molar-refractivity contribution in [2.45, 2.75) is 96.8 Å². The van der Waals surface area contributed by atoms with Gasteiger partial charge in [-0.1, -0.05) is 76.9 Å². The number of rotatable bonds is 20. The molecule has 0 spiro atoms. The molecule has 0 bridgehead atoms. The fraction of sp³-hybridized carbons (Fsp3) is 0.864. The summed E-state index contributed by atoms with van der Waals surface area (Å²) >= 11 is 0. The molecular weight excluding hydrogens is 326 g/mol. The van der Waals surface area contributed by atoms with Crippen LogP contribution in [0.4, 0.5) is 0 Å². The molecule has 0 heterocycles. The molecule has 0 aliphatic heterocycles. The van der Waals surface area contributed by atoms with E-state index in [0.717, 1.165) is 12.8 Å². The third kappa shape index (κ3) is 21.2. The van der Waals surface area contributed by atoms with Crippen molar-refractivity contribution in [1.29, 1.82) is 0 Å². The van der Waals surface area contributed by atoms with E-state index in [1.807, 2.05) is 0 Å². The van der Waals surface area contributed by atoms with Crippen LogP contribution in [-0.4, -0.2) is 37.4 Å². The molecule has 0 aromatic carbocycles. The predicted molar refractivity (Wildman–Crippen MR) is 110 cm³/mol. The van der Waals surface area contributed by atoms with Crippen molar-refractivity contribution in [1.82, 2.24) is 5.32 Å². The van der Waals surface area contributed by atoms with E-state index in [4.69, 9.17) is 9.84 Å². The van der Waals surface area contributed by atoms with Crippen LogP contribution in [0.25, 0.3) is 0 Å². The first-order valence-electron chi connectivity index (χ1n) is 10.9. The molecule has 4 heteroatoms. The lowest BCUT2D eigenvalue weighted by Gasteiger charge is -2.05. The predicted octanol–water partition coefficient (Wildman–Crippen LogP) is 5.15. The van der Waals surface area contributed by atoms with E-state index in [9.17, 15) is 4.79 Å². The van der Waals surface area contributed by atoms with E-state index in [0.29, 0.717) is 13.2 Å². The Kier molecular flexibility index (Phi) is 21.4. The maximum atomic E-state index is 11.3. The first-order chi connectivity index (χ1) is 12.8. The van der Waals surface area contributed by atoms with E-state index in [-0.39, 0.29) is 19.1 Å². The number of aliphatic hydroxyl groups excluding tert-OH is 1. The van der Waals surface area contributed by atoms with Crippen LogP contribution in [0.5, 0.6) is 0 Å². The highest BCUT2D eigenvalue weighted by Crippen LogP contribution is 2.09. The molecule has 0 saturated heterocycles. The second-order valence-electron chi connectivity index (χ2n) is 7.06. The van der Waals surface area contributed by atoms with Crippen LogP contribution in [0.15, 0.2) is 12.2 Å². The molecule has 26 heavy (non-hydrogen) atoms. The summed E-state index contributed by atoms with van der Waals surface area (Å²) in [4.78, 5) is 11.3. The largest absolute Gasteiger partial charge is 0.465 e. The second kappa shape index (κ2) is 22.2. The summed E-state index contributed by atoms with van der Waals surface area (Å²) in [7, 11) is 0. The van der Waals surface area contributed by atoms with Gasteiger partial charge in [0, 0.05) is 6.54 Å². The maximum absolute atomic E-state index is 11.3. The van der Waals surface area contributed by atoms with Crippen LogP contribution in [0.2, 0.25) is 0 Å². The number of ether oxygens (including phenoxy) is 1. The van der Waals surface area contributed by atoms with E-state index < -0.39 is 0 Å². The number of nitrogens with one attached hydrogen (secondary N) is 1. The van der Waals surface area contributed by atoms with Gasteiger partial charge >= 0.3 is 5.97 Å². The van der Waals surface area contributed by atoms with E-state index in [1.54, 1.807) is 0 Å². The number of hydrogen-bond donors (Lipinski definition) is 2. The summed E-state index contributed by atoms with van der Waals surface area (Å²) in [6.07, 6.45) is 22.6. The summed E-state index contributed by atoms with van der Waals surface area (Å²) in [6, 6.07) is 0. The minimum atomic E-state index is -0.230. The Morgan fingerprint density at radius 2 is 1.38 bits per heavy atom. The van der Waals surface area contributed by atoms with Gasteiger partial charge in [-0.15, -0.1) is 0 Å². The van der Waals surface area contributed by atoms with Gasteiger partial charge in [-0.05, 0) is 32.1 Å². The molecule has 0 saturated carbocycles. The summed E-state index contributed by atoms with van der Waals surface area (Å²) < 4.78 is 5.12. The maximum Gasteiger partial charge on any atom is 0.319 e. The SMILES string of the molecule is CCCCCCCC/C=C\CCCCCCCCOC(=O)CNCCO. The Morgan fingerprint density at radius 3 is 1.96 bits per heavy atom. The van der Waals surface area contributed by atoms with E-state index in [2.05, 4.69) is 24.4 Å². The van der Waals surface area contributed by atoms with Crippen LogP contribution in [0.3, 0.4) is 0 Å². The molecule has 0 aliphatic rings. The number of carbonyl (C=O) groups is 1. The highest BCUT2D eigenvalue weighted by atomic mass is 16.5. The molecule has 0 rings (SSSR count). The normalized spacial score (nSPS) is 11.3. The second-order valence-corrected chi connectivity index (χ2v) is 7.06. The summed E-state index contributed by atoms with van der Waals surface area (Å²) in [5.74, 6) is -0.230. The number of hydrogen-bond acceptors (Lipinski definition) is 4. The molecule has 0 aliphatic carbocycles. The summed E-state index contributed by atoms with van der Waals surface area (Å²) in [5.41, 5.74) is 0. The average molecular weight is 370 g/mol. The lowest BCUT2D eigenvalue weighted by atomic mass is 10.1. The highest BCUT2D eigenvalue weighted by molar-refractivity contribution is 5.71. The molecule has 2 N–H and O–H groups in total. The van der Waals surface area contributed by atoms with E-state index in [1.165, 1.54) is 77.0 Å². The molecule has 0 amide bonds. The summed E-state index contributed by atoms with van der Waals surface area (Å²) in [5, 5.41) is 11.4. The number of aliphatic hydroxyl groups is 1. The molecular formula is C22H43NO3. The van der Waals surface area contributed by atoms with Gasteiger partial charge < -0.3 is 15.2 Å². The summed E-state index contributed by atoms with van der Waals surface area (Å²) in [6.45, 7) is 3.44. The average Bonchev–Trinajstić information content (AvgIpc) is 2.64. The lowest BCUT2D eigenvalue weighted by Crippen LogP contribution is -2.27. The monoisotopic (exact) mass is 369 g/mol. The number of unbranched alkanes of at least 4 members (excludes halogenated alkanes) is 12. The van der Waals surface area contributed by atoms with E-state index >= 15 is 0 Å². The van der Waals surface area contributed by atoms with Crippen LogP contribution in [0, 0.1) is 0 Å². The quantitative estimate of drug-likeness (QED) is 0.177. The van der Waals surface area contributed by atoms with Gasteiger partial charge in [-0.3, -0.25) is 4.79 Å². The zero-order valence-corrected chi connectivity index (χ0v) is 17.1. The van der Waals surface area contributed by atoms with Crippen molar-refractivity contribution in [2.75, 3.05) is 26.3 Å². The van der Waals surface area contributed by atoms with Gasteiger partial charge in [0.2, 0.25) is 0 Å². The third-order valence-electron chi connectivity index (χ3n) is 4.48. The van der Waals surface area contributed by atoms with Crippen molar-refractivity contribution in [3.05, 3.63) is 12.2 Å². The van der Waals surface area contributed by atoms with Crippen molar-refractivity contribution in [2.24, 2.45) is 0 Å². The first kappa shape index (κ1) is 25.1. The minimum absolute atomic E-state index is 0.0438.